The van der Waals surface area contributed by atoms with E-state index in [1.54, 1.807) is 37.7 Å². The Morgan fingerprint density at radius 2 is 1.34 bits per heavy atom. The number of fused-ring (bicyclic) bond motifs is 7. The van der Waals surface area contributed by atoms with Gasteiger partial charge in [-0.1, -0.05) is 84.5 Å². The van der Waals surface area contributed by atoms with Crippen LogP contribution in [0.25, 0.3) is 11.0 Å². The van der Waals surface area contributed by atoms with E-state index in [4.69, 9.17) is 67.9 Å². The van der Waals surface area contributed by atoms with Crippen LogP contribution in [-0.2, 0) is 71.6 Å². The zero-order chi connectivity index (χ0) is 84.2. The third-order valence-corrected chi connectivity index (χ3v) is 28.1. The Balaban J connectivity index is 0.000000671. The zero-order valence-electron chi connectivity index (χ0n) is 69.3. The van der Waals surface area contributed by atoms with Gasteiger partial charge in [-0.3, -0.25) is 4.57 Å². The predicted octanol–water partition coefficient (Wildman–Crippen LogP) is 9.61. The molecule has 3 saturated heterocycles. The second-order valence-electron chi connectivity index (χ2n) is 34.4. The number of aromatic nitrogens is 2. The topological polar surface area (TPSA) is 487 Å². The van der Waals surface area contributed by atoms with Crippen molar-refractivity contribution in [2.24, 2.45) is 101 Å². The SMILES string of the molecule is C/C1=C2N=C(/C=C3N=C(/C(C)=C4/[C@@H](CCC(N)=O)[C@](C)(CC(N)=O)[C@](C)([C@@H]5N=C1[C@](C)(CCC(=O)NCC(C)OP(=O)([O-])O[C@H]1[C@@H](O)[C@@H](n6cnc7cc(C)c(C)cc76)O[C@@H]1CO)[C@H]5CC(N)=O)[N]4[Co+][C]#N)[C@@](C)(CC(N)=O)[C@@H]\3CCC(N)=O)C(C)(C)[C@@H]/2CCC(N)=O.CCCCCCCC[C@H]1OCCC[C@@H]1CCCCCCC. The van der Waals surface area contributed by atoms with Crippen LogP contribution >= 0.6 is 7.82 Å². The predicted molar refractivity (Wildman–Crippen MR) is 430 cm³/mol. The Labute approximate surface area is 679 Å². The number of benzene rings is 1. The first-order valence-corrected chi connectivity index (χ1v) is 43.5. The number of hydrogen-bond acceptors (Lipinski definition) is 21. The first-order chi connectivity index (χ1) is 53.7. The van der Waals surface area contributed by atoms with Crippen LogP contribution in [0.4, 0.5) is 0 Å². The second kappa shape index (κ2) is 39.5. The summed E-state index contributed by atoms with van der Waals surface area (Å²) >= 11 is 0.0230. The van der Waals surface area contributed by atoms with Crippen molar-refractivity contribution in [1.29, 1.82) is 5.26 Å². The number of aliphatic imine (C=N–C) groups is 3. The summed E-state index contributed by atoms with van der Waals surface area (Å²) < 4.78 is 39.8. The number of nitrogens with one attached hydrogen (secondary N) is 1. The maximum absolute atomic E-state index is 14.5. The standard InChI is InChI=1S/C62H90N13O14P.C20H40O.CN.Co/c1-29-20-39-40(21-30(29)2)75(28-70-39)57-52(84)53(41(27-76)87-57)89-90(85,86)88-31(3)26-69-49(83)18-19-59(8)37(22-46(66)80)56-62(11)61(10,25-48(68)82)36(14-17-45(65)79)51(74-62)33(5)55-60(9,24-47(67)81)34(12-15-43(63)77)38(71-55)23-42-58(6,7)35(13-16-44(64)78)50(72-42)32(4)54(59)73-56;1-3-5-7-9-11-13-17-20-19(16-14-18-21-20)15-12-10-8-6-4-2;1-2;/h20-21,23,28,31,34-37,41,52-53,56-57,76,84H,12-19,22,24-27H2,1-11H3,(H15,63,64,65,66,67,68,69,71,72,73,74,77,78,79,80,81,82,83,85,86);19-20H,3-18H2,1-2H3;;/q;;;+2/p-2/t31?,34-,35-,36-,37+,41-,52-,53-,56-,57+,59-,60+,61+,62+;19-,20+;;/m10../s1. The van der Waals surface area contributed by atoms with E-state index in [1.807, 2.05) is 53.7 Å². The zero-order valence-corrected chi connectivity index (χ0v) is 71.3. The number of nitriles is 1. The summed E-state index contributed by atoms with van der Waals surface area (Å²) in [5.41, 5.74) is 36.3. The second-order valence-corrected chi connectivity index (χ2v) is 36.6. The number of carbonyl (C=O) groups excluding carboxylic acids is 7. The quantitative estimate of drug-likeness (QED) is 0.0221. The number of nitrogens with zero attached hydrogens (tertiary/aromatic N) is 7. The molecule has 8 bridgehead atoms. The molecule has 31 heteroatoms. The minimum absolute atomic E-state index is 0.0111. The van der Waals surface area contributed by atoms with Gasteiger partial charge >= 0.3 is 417 Å². The summed E-state index contributed by atoms with van der Waals surface area (Å²) in [6, 6.07) is 2.56. The Morgan fingerprint density at radius 3 is 1.94 bits per heavy atom. The van der Waals surface area contributed by atoms with Gasteiger partial charge in [0.25, 0.3) is 7.82 Å². The molecule has 0 aliphatic carbocycles. The number of allylic oxidation sites excluding steroid dienone is 6. The molecule has 7 aliphatic heterocycles. The van der Waals surface area contributed by atoms with Crippen LogP contribution < -0.4 is 44.6 Å². The van der Waals surface area contributed by atoms with E-state index in [1.165, 1.54) is 114 Å². The third kappa shape index (κ3) is 20.7. The molecule has 0 radical (unpaired) electrons. The molecule has 1 aromatic carbocycles. The molecule has 9 rings (SSSR count). The molecule has 634 valence electrons. The number of primary amides is 6. The van der Waals surface area contributed by atoms with Gasteiger partial charge in [-0.15, -0.1) is 0 Å². The van der Waals surface area contributed by atoms with Crippen molar-refractivity contribution in [3.63, 3.8) is 0 Å². The fourth-order valence-electron chi connectivity index (χ4n) is 19.4. The van der Waals surface area contributed by atoms with Gasteiger partial charge in [0, 0.05) is 6.61 Å². The van der Waals surface area contributed by atoms with Gasteiger partial charge in [0.15, 0.2) is 6.23 Å². The Bertz CT molecular complexity index is 4150. The first kappa shape index (κ1) is 92.5. The Hall–Kier alpha value is -7.04. The van der Waals surface area contributed by atoms with Crippen molar-refractivity contribution >= 4 is 77.3 Å². The van der Waals surface area contributed by atoms with Crippen LogP contribution in [0.2, 0.25) is 0 Å². The van der Waals surface area contributed by atoms with Gasteiger partial charge < -0.3 is 33.7 Å². The van der Waals surface area contributed by atoms with E-state index >= 15 is 0 Å². The molecule has 3 fully saturated rings. The summed E-state index contributed by atoms with van der Waals surface area (Å²) in [4.78, 5) is 129. The molecule has 2 unspecified atom stereocenters. The molecule has 2 aromatic rings. The molecule has 7 aliphatic rings. The molecule has 0 saturated carbocycles. The smallest absolute Gasteiger partial charge is 0.378 e. The van der Waals surface area contributed by atoms with Gasteiger partial charge in [0.05, 0.1) is 30.1 Å². The Kier molecular flexibility index (Phi) is 32.0. The molecule has 15 N–H and O–H groups in total. The number of amides is 7. The molecule has 17 atom stereocenters. The molecule has 114 heavy (non-hydrogen) atoms. The number of aliphatic hydroxyl groups is 2. The van der Waals surface area contributed by atoms with Crippen molar-refractivity contribution < 1.29 is 86.7 Å². The Morgan fingerprint density at radius 1 is 0.746 bits per heavy atom. The molecule has 8 heterocycles. The minimum atomic E-state index is -5.35. The van der Waals surface area contributed by atoms with Crippen molar-refractivity contribution in [2.75, 3.05) is 19.8 Å². The fraction of sp³-hybridized carbons (Fsp3) is 0.711. The third-order valence-electron chi connectivity index (χ3n) is 25.9. The average Bonchev–Trinajstić information content (AvgIpc) is 1.51. The number of nitrogens with two attached hydrogens (primary N) is 6. The summed E-state index contributed by atoms with van der Waals surface area (Å²) in [6.07, 6.45) is 16.2. The monoisotopic (exact) mass is 1650 g/mol. The first-order valence-electron chi connectivity index (χ1n) is 41.0. The van der Waals surface area contributed by atoms with Crippen LogP contribution in [0, 0.1) is 75.4 Å². The molecule has 0 spiro atoms. The number of imidazole rings is 1. The van der Waals surface area contributed by atoms with Gasteiger partial charge in [0.1, 0.15) is 18.3 Å². The van der Waals surface area contributed by atoms with Crippen LogP contribution in [0.3, 0.4) is 0 Å². The van der Waals surface area contributed by atoms with E-state index in [0.29, 0.717) is 62.5 Å². The molecule has 7 amide bonds. The number of carbonyl (C=O) groups is 7. The van der Waals surface area contributed by atoms with Crippen LogP contribution in [-0.4, -0.2) is 144 Å². The van der Waals surface area contributed by atoms with Gasteiger partial charge in [-0.25, -0.2) is 4.98 Å². The number of rotatable bonds is 40. The molecule has 1 aromatic heterocycles. The van der Waals surface area contributed by atoms with Crippen LogP contribution in [0.1, 0.15) is 260 Å². The summed E-state index contributed by atoms with van der Waals surface area (Å²) in [5.74, 6) is -7.01. The average molecular weight is 1650 g/mol. The number of hydrogen-bond donors (Lipinski definition) is 9. The number of aliphatic hydroxyl groups excluding tert-OH is 2. The number of phosphoric acid groups is 1. The van der Waals surface area contributed by atoms with Crippen molar-refractivity contribution in [2.45, 2.75) is 305 Å². The normalized spacial score (nSPS) is 31.5. The minimum Gasteiger partial charge on any atom is -0.378 e. The fourth-order valence-corrected chi connectivity index (χ4v) is 21.7. The number of unbranched alkanes of at least 4 members (excludes halogenated alkanes) is 9. The van der Waals surface area contributed by atoms with E-state index in [0.717, 1.165) is 23.7 Å². The van der Waals surface area contributed by atoms with Crippen molar-refractivity contribution in [3.05, 3.63) is 63.9 Å². The molecular weight excluding hydrogens is 1520 g/mol. The summed E-state index contributed by atoms with van der Waals surface area (Å²) in [5, 5.41) is 37.9. The summed E-state index contributed by atoms with van der Waals surface area (Å²) in [6.45, 7) is 24.4. The van der Waals surface area contributed by atoms with E-state index in [2.05, 4.69) is 29.2 Å². The molecular formula is C83H128CoN14O15P. The number of ether oxygens (including phenoxy) is 2. The maximum atomic E-state index is 14.5. The van der Waals surface area contributed by atoms with Crippen LogP contribution in [0.15, 0.2) is 67.8 Å². The molecule has 29 nitrogen and oxygen atoms in total. The number of aryl methyl sites for hydroxylation is 2. The van der Waals surface area contributed by atoms with Crippen molar-refractivity contribution in [3.8, 4) is 5.00 Å². The van der Waals surface area contributed by atoms with Crippen molar-refractivity contribution in [1.82, 2.24) is 18.8 Å². The van der Waals surface area contributed by atoms with E-state index in [-0.39, 0.29) is 92.1 Å². The van der Waals surface area contributed by atoms with Crippen LogP contribution in [0.5, 0.6) is 0 Å². The van der Waals surface area contributed by atoms with E-state index in [9.17, 15) is 58.5 Å². The summed E-state index contributed by atoms with van der Waals surface area (Å²) in [7, 11) is -5.35. The number of phosphoric ester groups is 1. The van der Waals surface area contributed by atoms with Gasteiger partial charge in [-0.05, 0) is 68.7 Å². The van der Waals surface area contributed by atoms with Gasteiger partial charge in [-0.2, -0.15) is 0 Å². The van der Waals surface area contributed by atoms with Gasteiger partial charge in [0.2, 0.25) is 0 Å². The van der Waals surface area contributed by atoms with E-state index < -0.39 is 143 Å².